The van der Waals surface area contributed by atoms with Crippen molar-refractivity contribution < 1.29 is 0 Å². The summed E-state index contributed by atoms with van der Waals surface area (Å²) in [7, 11) is 0. The van der Waals surface area contributed by atoms with E-state index in [0.29, 0.717) is 5.25 Å². The quantitative estimate of drug-likeness (QED) is 0.354. The van der Waals surface area contributed by atoms with Gasteiger partial charge in [-0.25, -0.2) is 0 Å². The van der Waals surface area contributed by atoms with Crippen LogP contribution in [0.15, 0.2) is 0 Å². The zero-order chi connectivity index (χ0) is 15.4. The Bertz CT molecular complexity index is 181. The van der Waals surface area contributed by atoms with Crippen molar-refractivity contribution in [3.8, 4) is 0 Å². The average Bonchev–Trinajstić information content (AvgIpc) is 2.45. The van der Waals surface area contributed by atoms with Crippen LogP contribution < -0.4 is 10.6 Å². The third kappa shape index (κ3) is 8.53. The molecule has 0 heterocycles. The fraction of sp³-hybridized carbons (Fsp3) is 1.00. The minimum Gasteiger partial charge on any atom is -0.315 e. The van der Waals surface area contributed by atoms with Crippen LogP contribution in [0, 0.1) is 17.8 Å². The highest BCUT2D eigenvalue weighted by Crippen LogP contribution is 2.18. The second kappa shape index (κ2) is 13.0. The van der Waals surface area contributed by atoms with Crippen molar-refractivity contribution in [2.75, 3.05) is 26.2 Å². The highest BCUT2D eigenvalue weighted by molar-refractivity contribution is 7.81. The summed E-state index contributed by atoms with van der Waals surface area (Å²) in [5, 5.41) is 7.60. The maximum absolute atomic E-state index is 4.71. The summed E-state index contributed by atoms with van der Waals surface area (Å²) in [5.41, 5.74) is 0. The summed E-state index contributed by atoms with van der Waals surface area (Å²) in [6.07, 6.45) is 5.07. The fourth-order valence-electron chi connectivity index (χ4n) is 3.02. The molecule has 2 atom stereocenters. The first-order valence-corrected chi connectivity index (χ1v) is 9.21. The SMILES string of the molecule is CCC(CC)C(S)CNCCNC[C@@H](C)C(CC)CC. The minimum absolute atomic E-state index is 0.494. The Kier molecular flexibility index (Phi) is 13.1. The average molecular weight is 303 g/mol. The molecule has 0 aromatic heterocycles. The molecule has 122 valence electrons. The fourth-order valence-corrected chi connectivity index (χ4v) is 3.57. The third-order valence-corrected chi connectivity index (χ3v) is 5.35. The molecule has 0 fully saturated rings. The number of thiol groups is 1. The number of rotatable bonds is 13. The summed E-state index contributed by atoms with van der Waals surface area (Å²) in [6, 6.07) is 0. The van der Waals surface area contributed by atoms with E-state index >= 15 is 0 Å². The van der Waals surface area contributed by atoms with Crippen molar-refractivity contribution in [3.05, 3.63) is 0 Å². The summed E-state index contributed by atoms with van der Waals surface area (Å²) < 4.78 is 0. The van der Waals surface area contributed by atoms with Gasteiger partial charge in [0.25, 0.3) is 0 Å². The lowest BCUT2D eigenvalue weighted by Crippen LogP contribution is -2.35. The molecule has 0 amide bonds. The largest absolute Gasteiger partial charge is 0.315 e. The van der Waals surface area contributed by atoms with Crippen LogP contribution in [0.5, 0.6) is 0 Å². The van der Waals surface area contributed by atoms with Gasteiger partial charge in [-0.3, -0.25) is 0 Å². The molecule has 0 aliphatic heterocycles. The summed E-state index contributed by atoms with van der Waals surface area (Å²) in [6.45, 7) is 15.8. The van der Waals surface area contributed by atoms with Crippen LogP contribution in [0.25, 0.3) is 0 Å². The lowest BCUT2D eigenvalue weighted by Gasteiger charge is -2.22. The van der Waals surface area contributed by atoms with E-state index < -0.39 is 0 Å². The smallest absolute Gasteiger partial charge is 0.0170 e. The molecule has 0 saturated heterocycles. The van der Waals surface area contributed by atoms with Crippen molar-refractivity contribution >= 4 is 12.6 Å². The first-order valence-electron chi connectivity index (χ1n) is 8.69. The van der Waals surface area contributed by atoms with Gasteiger partial charge in [-0.05, 0) is 24.3 Å². The van der Waals surface area contributed by atoms with Gasteiger partial charge in [0.2, 0.25) is 0 Å². The van der Waals surface area contributed by atoms with Gasteiger partial charge in [0.1, 0.15) is 0 Å². The molecule has 0 aromatic carbocycles. The molecular formula is C17H38N2S. The van der Waals surface area contributed by atoms with E-state index in [1.165, 1.54) is 25.7 Å². The van der Waals surface area contributed by atoms with Crippen molar-refractivity contribution in [1.82, 2.24) is 10.6 Å². The van der Waals surface area contributed by atoms with Crippen LogP contribution in [0.1, 0.15) is 60.3 Å². The Balaban J connectivity index is 3.57. The summed E-state index contributed by atoms with van der Waals surface area (Å²) in [4.78, 5) is 0. The molecule has 0 radical (unpaired) electrons. The van der Waals surface area contributed by atoms with Gasteiger partial charge < -0.3 is 10.6 Å². The van der Waals surface area contributed by atoms with Crippen molar-refractivity contribution in [1.29, 1.82) is 0 Å². The number of hydrogen-bond donors (Lipinski definition) is 3. The van der Waals surface area contributed by atoms with Gasteiger partial charge >= 0.3 is 0 Å². The van der Waals surface area contributed by atoms with Crippen LogP contribution in [0.4, 0.5) is 0 Å². The van der Waals surface area contributed by atoms with Crippen LogP contribution >= 0.6 is 12.6 Å². The Hall–Kier alpha value is 0.270. The highest BCUT2D eigenvalue weighted by atomic mass is 32.1. The van der Waals surface area contributed by atoms with E-state index in [0.717, 1.165) is 43.9 Å². The second-order valence-corrected chi connectivity index (χ2v) is 6.77. The van der Waals surface area contributed by atoms with Crippen LogP contribution in [0.2, 0.25) is 0 Å². The molecule has 2 nitrogen and oxygen atoms in total. The normalized spacial score (nSPS) is 15.0. The lowest BCUT2D eigenvalue weighted by molar-refractivity contribution is 0.323. The van der Waals surface area contributed by atoms with Gasteiger partial charge in [0.05, 0.1) is 0 Å². The Morgan fingerprint density at radius 3 is 1.65 bits per heavy atom. The van der Waals surface area contributed by atoms with Gasteiger partial charge in [-0.1, -0.05) is 60.3 Å². The van der Waals surface area contributed by atoms with Gasteiger partial charge in [-0.2, -0.15) is 12.6 Å². The molecule has 20 heavy (non-hydrogen) atoms. The van der Waals surface area contributed by atoms with E-state index in [9.17, 15) is 0 Å². The van der Waals surface area contributed by atoms with E-state index in [4.69, 9.17) is 12.6 Å². The minimum atomic E-state index is 0.494. The molecule has 2 N–H and O–H groups in total. The molecule has 0 spiro atoms. The van der Waals surface area contributed by atoms with Crippen LogP contribution in [-0.2, 0) is 0 Å². The second-order valence-electron chi connectivity index (χ2n) is 6.11. The number of hydrogen-bond acceptors (Lipinski definition) is 3. The van der Waals surface area contributed by atoms with Gasteiger partial charge in [-0.15, -0.1) is 0 Å². The molecule has 0 aliphatic rings. The van der Waals surface area contributed by atoms with Crippen molar-refractivity contribution in [3.63, 3.8) is 0 Å². The molecule has 3 heteroatoms. The van der Waals surface area contributed by atoms with Crippen molar-refractivity contribution in [2.45, 2.75) is 65.6 Å². The van der Waals surface area contributed by atoms with Gasteiger partial charge in [0.15, 0.2) is 0 Å². The molecule has 0 aliphatic carbocycles. The first kappa shape index (κ1) is 20.3. The van der Waals surface area contributed by atoms with E-state index in [1.807, 2.05) is 0 Å². The maximum Gasteiger partial charge on any atom is 0.0170 e. The van der Waals surface area contributed by atoms with Crippen LogP contribution in [-0.4, -0.2) is 31.4 Å². The molecule has 0 bridgehead atoms. The molecule has 0 rings (SSSR count). The zero-order valence-electron chi connectivity index (χ0n) is 14.4. The molecule has 0 saturated carbocycles. The summed E-state index contributed by atoms with van der Waals surface area (Å²) >= 11 is 4.71. The predicted molar refractivity (Wildman–Crippen MR) is 95.8 cm³/mol. The Morgan fingerprint density at radius 1 is 0.750 bits per heavy atom. The zero-order valence-corrected chi connectivity index (χ0v) is 15.3. The standard InChI is InChI=1S/C17H38N2S/c1-6-15(7-2)14(5)12-18-10-11-19-13-17(20)16(8-3)9-4/h14-20H,6-13H2,1-5H3/t14-,17?/m1/s1. The lowest BCUT2D eigenvalue weighted by atomic mass is 9.89. The Labute approximate surface area is 133 Å². The third-order valence-electron chi connectivity index (χ3n) is 4.74. The topological polar surface area (TPSA) is 24.1 Å². The Morgan fingerprint density at radius 2 is 1.20 bits per heavy atom. The molecule has 1 unspecified atom stereocenters. The molecule has 0 aromatic rings. The van der Waals surface area contributed by atoms with E-state index in [2.05, 4.69) is 45.3 Å². The number of nitrogens with one attached hydrogen (secondary N) is 2. The van der Waals surface area contributed by atoms with Crippen molar-refractivity contribution in [2.24, 2.45) is 17.8 Å². The van der Waals surface area contributed by atoms with Crippen LogP contribution in [0.3, 0.4) is 0 Å². The maximum atomic E-state index is 4.71. The van der Waals surface area contributed by atoms with Gasteiger partial charge in [0, 0.05) is 24.9 Å². The van der Waals surface area contributed by atoms with E-state index in [-0.39, 0.29) is 0 Å². The van der Waals surface area contributed by atoms with E-state index in [1.54, 1.807) is 0 Å². The summed E-state index contributed by atoms with van der Waals surface area (Å²) in [5.74, 6) is 2.40. The molecular weight excluding hydrogens is 264 g/mol. The monoisotopic (exact) mass is 302 g/mol. The highest BCUT2D eigenvalue weighted by Gasteiger charge is 2.14. The predicted octanol–water partition coefficient (Wildman–Crippen LogP) is 3.97. The first-order chi connectivity index (χ1) is 9.60.